The van der Waals surface area contributed by atoms with Gasteiger partial charge >= 0.3 is 0 Å². The van der Waals surface area contributed by atoms with Crippen LogP contribution in [0.3, 0.4) is 0 Å². The van der Waals surface area contributed by atoms with Crippen LogP contribution in [-0.4, -0.2) is 22.6 Å². The van der Waals surface area contributed by atoms with Gasteiger partial charge in [-0.25, -0.2) is 9.97 Å². The van der Waals surface area contributed by atoms with Crippen LogP contribution in [0.4, 0.5) is 11.6 Å². The Morgan fingerprint density at radius 1 is 1.05 bits per heavy atom. The number of nitrogens with one attached hydrogen (secondary N) is 2. The van der Waals surface area contributed by atoms with Gasteiger partial charge in [-0.05, 0) is 50.4 Å². The molecule has 0 aromatic carbocycles. The lowest BCUT2D eigenvalue weighted by molar-refractivity contribution is 0.565. The van der Waals surface area contributed by atoms with Crippen molar-refractivity contribution < 1.29 is 0 Å². The summed E-state index contributed by atoms with van der Waals surface area (Å²) in [5.74, 6) is 4.73. The number of hydrogen-bond acceptors (Lipinski definition) is 4. The summed E-state index contributed by atoms with van der Waals surface area (Å²) in [7, 11) is 0. The lowest BCUT2D eigenvalue weighted by Crippen LogP contribution is -2.25. The molecule has 0 unspecified atom stereocenters. The van der Waals surface area contributed by atoms with Crippen LogP contribution in [0.15, 0.2) is 6.07 Å². The molecule has 0 atom stereocenters. The molecule has 0 saturated heterocycles. The van der Waals surface area contributed by atoms with Crippen molar-refractivity contribution in [2.24, 2.45) is 11.8 Å². The smallest absolute Gasteiger partial charge is 0.133 e. The number of nitrogens with zero attached hydrogens (tertiary/aromatic N) is 2. The van der Waals surface area contributed by atoms with E-state index in [1.807, 2.05) is 0 Å². The predicted molar refractivity (Wildman–Crippen MR) is 87.7 cm³/mol. The van der Waals surface area contributed by atoms with E-state index in [0.717, 1.165) is 55.1 Å². The summed E-state index contributed by atoms with van der Waals surface area (Å²) in [5.41, 5.74) is 0. The van der Waals surface area contributed by atoms with E-state index in [9.17, 15) is 0 Å². The maximum atomic E-state index is 4.73. The van der Waals surface area contributed by atoms with Crippen molar-refractivity contribution >= 4 is 11.6 Å². The minimum atomic E-state index is 0.647. The number of aromatic nitrogens is 2. The predicted octanol–water partition coefficient (Wildman–Crippen LogP) is 3.85. The molecule has 2 saturated carbocycles. The Labute approximate surface area is 128 Å². The van der Waals surface area contributed by atoms with Crippen LogP contribution in [0.5, 0.6) is 0 Å². The highest BCUT2D eigenvalue weighted by Gasteiger charge is 2.41. The van der Waals surface area contributed by atoms with E-state index < -0.39 is 0 Å². The third-order valence-corrected chi connectivity index (χ3v) is 4.38. The molecule has 2 fully saturated rings. The van der Waals surface area contributed by atoms with E-state index in [1.165, 1.54) is 25.7 Å². The Balaban J connectivity index is 1.73. The summed E-state index contributed by atoms with van der Waals surface area (Å²) in [5, 5.41) is 7.13. The molecule has 2 N–H and O–H groups in total. The van der Waals surface area contributed by atoms with Gasteiger partial charge in [-0.15, -0.1) is 0 Å². The number of anilines is 2. The van der Waals surface area contributed by atoms with E-state index in [2.05, 4.69) is 35.5 Å². The van der Waals surface area contributed by atoms with E-state index in [-0.39, 0.29) is 0 Å². The molecule has 3 rings (SSSR count). The summed E-state index contributed by atoms with van der Waals surface area (Å²) in [6.07, 6.45) is 8.72. The Kier molecular flexibility index (Phi) is 4.61. The zero-order valence-corrected chi connectivity index (χ0v) is 13.4. The lowest BCUT2D eigenvalue weighted by Gasteiger charge is -2.19. The van der Waals surface area contributed by atoms with Gasteiger partial charge < -0.3 is 10.6 Å². The molecule has 0 amide bonds. The molecule has 0 spiro atoms. The van der Waals surface area contributed by atoms with Crippen LogP contribution in [0, 0.1) is 11.8 Å². The van der Waals surface area contributed by atoms with Crippen molar-refractivity contribution in [2.45, 2.75) is 64.8 Å². The minimum Gasteiger partial charge on any atom is -0.370 e. The SMILES string of the molecule is CCCNc1cc(NC(C2CC2)C2CC2)nc(CCC)n1. The fourth-order valence-corrected chi connectivity index (χ4v) is 2.95. The molecule has 2 aliphatic carbocycles. The normalized spacial score (nSPS) is 18.0. The van der Waals surface area contributed by atoms with Gasteiger partial charge in [0.15, 0.2) is 0 Å². The quantitative estimate of drug-likeness (QED) is 0.724. The highest BCUT2D eigenvalue weighted by Crippen LogP contribution is 2.45. The van der Waals surface area contributed by atoms with Gasteiger partial charge in [0, 0.05) is 25.1 Å². The summed E-state index contributed by atoms with van der Waals surface area (Å²) < 4.78 is 0. The van der Waals surface area contributed by atoms with Gasteiger partial charge in [0.25, 0.3) is 0 Å². The fraction of sp³-hybridized carbons (Fsp3) is 0.765. The standard InChI is InChI=1S/C17H28N4/c1-3-5-14-19-15(18-10-4-2)11-16(20-14)21-17(12-6-7-12)13-8-9-13/h11-13,17H,3-10H2,1-2H3,(H2,18,19,20,21). The summed E-state index contributed by atoms with van der Waals surface area (Å²) in [6.45, 7) is 5.33. The average Bonchev–Trinajstić information content (AvgIpc) is 3.36. The highest BCUT2D eigenvalue weighted by molar-refractivity contribution is 5.48. The van der Waals surface area contributed by atoms with Crippen LogP contribution in [0.1, 0.15) is 58.2 Å². The number of rotatable bonds is 9. The minimum absolute atomic E-state index is 0.647. The molecule has 4 heteroatoms. The third-order valence-electron chi connectivity index (χ3n) is 4.38. The summed E-state index contributed by atoms with van der Waals surface area (Å²) >= 11 is 0. The van der Waals surface area contributed by atoms with Crippen LogP contribution in [0.2, 0.25) is 0 Å². The van der Waals surface area contributed by atoms with E-state index in [0.29, 0.717) is 6.04 Å². The van der Waals surface area contributed by atoms with Gasteiger partial charge in [-0.1, -0.05) is 13.8 Å². The van der Waals surface area contributed by atoms with Gasteiger partial charge in [0.1, 0.15) is 17.5 Å². The van der Waals surface area contributed by atoms with E-state index in [4.69, 9.17) is 4.98 Å². The maximum Gasteiger partial charge on any atom is 0.133 e. The van der Waals surface area contributed by atoms with Gasteiger partial charge in [0.05, 0.1) is 0 Å². The first-order valence-corrected chi connectivity index (χ1v) is 8.68. The highest BCUT2D eigenvalue weighted by atomic mass is 15.1. The third kappa shape index (κ3) is 4.08. The van der Waals surface area contributed by atoms with Crippen molar-refractivity contribution in [3.05, 3.63) is 11.9 Å². The van der Waals surface area contributed by atoms with E-state index in [1.54, 1.807) is 0 Å². The van der Waals surface area contributed by atoms with Crippen LogP contribution in [-0.2, 0) is 6.42 Å². The largest absolute Gasteiger partial charge is 0.370 e. The van der Waals surface area contributed by atoms with Crippen LogP contribution >= 0.6 is 0 Å². The van der Waals surface area contributed by atoms with E-state index >= 15 is 0 Å². The fourth-order valence-electron chi connectivity index (χ4n) is 2.95. The molecule has 1 heterocycles. The van der Waals surface area contributed by atoms with Crippen LogP contribution < -0.4 is 10.6 Å². The number of hydrogen-bond donors (Lipinski definition) is 2. The lowest BCUT2D eigenvalue weighted by atomic mass is 10.1. The molecule has 4 nitrogen and oxygen atoms in total. The Morgan fingerprint density at radius 2 is 1.71 bits per heavy atom. The first-order valence-electron chi connectivity index (χ1n) is 8.68. The Morgan fingerprint density at radius 3 is 2.29 bits per heavy atom. The Hall–Kier alpha value is -1.32. The number of aryl methyl sites for hydroxylation is 1. The van der Waals surface area contributed by atoms with Crippen molar-refractivity contribution in [3.8, 4) is 0 Å². The van der Waals surface area contributed by atoms with Gasteiger partial charge in [-0.2, -0.15) is 0 Å². The zero-order valence-electron chi connectivity index (χ0n) is 13.4. The van der Waals surface area contributed by atoms with Crippen LogP contribution in [0.25, 0.3) is 0 Å². The van der Waals surface area contributed by atoms with Crippen molar-refractivity contribution in [2.75, 3.05) is 17.2 Å². The average molecular weight is 288 g/mol. The second-order valence-corrected chi connectivity index (χ2v) is 6.58. The van der Waals surface area contributed by atoms with Crippen molar-refractivity contribution in [3.63, 3.8) is 0 Å². The molecule has 2 aliphatic rings. The first-order chi connectivity index (χ1) is 10.3. The monoisotopic (exact) mass is 288 g/mol. The molecule has 0 aliphatic heterocycles. The second-order valence-electron chi connectivity index (χ2n) is 6.58. The summed E-state index contributed by atoms with van der Waals surface area (Å²) in [4.78, 5) is 9.36. The van der Waals surface area contributed by atoms with Gasteiger partial charge in [-0.3, -0.25) is 0 Å². The molecule has 0 bridgehead atoms. The molecule has 1 aromatic heterocycles. The first kappa shape index (κ1) is 14.6. The molecular weight excluding hydrogens is 260 g/mol. The Bertz CT molecular complexity index is 454. The molecular formula is C17H28N4. The van der Waals surface area contributed by atoms with Crippen molar-refractivity contribution in [1.29, 1.82) is 0 Å². The second kappa shape index (κ2) is 6.63. The zero-order chi connectivity index (χ0) is 14.7. The molecule has 21 heavy (non-hydrogen) atoms. The molecule has 0 radical (unpaired) electrons. The van der Waals surface area contributed by atoms with Crippen molar-refractivity contribution in [1.82, 2.24) is 9.97 Å². The molecule has 1 aromatic rings. The summed E-state index contributed by atoms with van der Waals surface area (Å²) in [6, 6.07) is 2.74. The van der Waals surface area contributed by atoms with Gasteiger partial charge in [0.2, 0.25) is 0 Å². The topological polar surface area (TPSA) is 49.8 Å². The molecule has 116 valence electrons. The maximum absolute atomic E-state index is 4.73.